The van der Waals surface area contributed by atoms with Crippen LogP contribution in [0.2, 0.25) is 0 Å². The third kappa shape index (κ3) is 4.57. The second-order valence-electron chi connectivity index (χ2n) is 7.67. The molecule has 1 heterocycles. The van der Waals surface area contributed by atoms with Gasteiger partial charge < -0.3 is 10.1 Å². The van der Waals surface area contributed by atoms with Crippen molar-refractivity contribution in [1.82, 2.24) is 15.1 Å². The van der Waals surface area contributed by atoms with Crippen LogP contribution in [0, 0.1) is 13.8 Å². The Hall–Kier alpha value is -0.870. The van der Waals surface area contributed by atoms with Crippen LogP contribution in [0.15, 0.2) is 0 Å². The van der Waals surface area contributed by atoms with Gasteiger partial charge in [0, 0.05) is 29.4 Å². The Morgan fingerprint density at radius 3 is 2.13 bits per heavy atom. The van der Waals surface area contributed by atoms with Crippen LogP contribution >= 0.6 is 0 Å². The smallest absolute Gasteiger partial charge is 0.0644 e. The van der Waals surface area contributed by atoms with Crippen LogP contribution in [0.1, 0.15) is 89.3 Å². The van der Waals surface area contributed by atoms with Crippen LogP contribution in [-0.2, 0) is 4.74 Å². The van der Waals surface area contributed by atoms with Crippen LogP contribution in [-0.4, -0.2) is 28.0 Å². The average Bonchev–Trinajstić information content (AvgIpc) is 2.76. The number of aryl methyl sites for hydroxylation is 1. The highest BCUT2D eigenvalue weighted by Crippen LogP contribution is 2.27. The Balaban J connectivity index is 1.94. The third-order valence-electron chi connectivity index (χ3n) is 4.93. The van der Waals surface area contributed by atoms with E-state index in [9.17, 15) is 0 Å². The number of hydrogen-bond acceptors (Lipinski definition) is 3. The lowest BCUT2D eigenvalue weighted by atomic mass is 9.91. The summed E-state index contributed by atoms with van der Waals surface area (Å²) in [4.78, 5) is 0. The van der Waals surface area contributed by atoms with E-state index in [1.54, 1.807) is 0 Å². The molecule has 0 radical (unpaired) electrons. The lowest BCUT2D eigenvalue weighted by molar-refractivity contribution is -0.0166. The summed E-state index contributed by atoms with van der Waals surface area (Å²) in [7, 11) is 0. The summed E-state index contributed by atoms with van der Waals surface area (Å²) in [5.41, 5.74) is 3.83. The first kappa shape index (κ1) is 18.5. The van der Waals surface area contributed by atoms with Crippen LogP contribution in [0.25, 0.3) is 0 Å². The molecule has 1 atom stereocenters. The minimum atomic E-state index is 0.343. The van der Waals surface area contributed by atoms with E-state index >= 15 is 0 Å². The molecule has 1 aliphatic carbocycles. The number of nitrogens with zero attached hydrogens (tertiary/aromatic N) is 2. The standard InChI is InChI=1S/C19H35N3O/c1-12(2)22-16(7)19(15(6)21-22)14(5)20-17-8-10-18(11-9-17)23-13(3)4/h12-14,17-18,20H,8-11H2,1-7H3/t14-,17?,18?/m1/s1. The van der Waals surface area contributed by atoms with Gasteiger partial charge in [-0.25, -0.2) is 0 Å². The molecule has 4 nitrogen and oxygen atoms in total. The van der Waals surface area contributed by atoms with Gasteiger partial charge in [-0.1, -0.05) is 0 Å². The molecular formula is C19H35N3O. The molecule has 1 aliphatic rings. The summed E-state index contributed by atoms with van der Waals surface area (Å²) in [6.07, 6.45) is 5.56. The molecule has 132 valence electrons. The normalized spacial score (nSPS) is 23.7. The van der Waals surface area contributed by atoms with Crippen molar-refractivity contribution < 1.29 is 4.74 Å². The minimum absolute atomic E-state index is 0.343. The first-order valence-electron chi connectivity index (χ1n) is 9.26. The first-order chi connectivity index (χ1) is 10.8. The second kappa shape index (κ2) is 7.80. The monoisotopic (exact) mass is 321 g/mol. The van der Waals surface area contributed by atoms with Gasteiger partial charge in [-0.3, -0.25) is 4.68 Å². The van der Waals surface area contributed by atoms with Crippen LogP contribution in [0.4, 0.5) is 0 Å². The summed E-state index contributed by atoms with van der Waals surface area (Å²) < 4.78 is 8.10. The van der Waals surface area contributed by atoms with Gasteiger partial charge in [0.2, 0.25) is 0 Å². The molecule has 2 rings (SSSR count). The number of nitrogens with one attached hydrogen (secondary N) is 1. The van der Waals surface area contributed by atoms with Gasteiger partial charge in [0.05, 0.1) is 17.9 Å². The van der Waals surface area contributed by atoms with Gasteiger partial charge in [0.15, 0.2) is 0 Å². The number of rotatable bonds is 6. The quantitative estimate of drug-likeness (QED) is 0.840. The van der Waals surface area contributed by atoms with E-state index in [1.807, 2.05) is 0 Å². The molecule has 1 saturated carbocycles. The average molecular weight is 322 g/mol. The Labute approximate surface area is 142 Å². The van der Waals surface area contributed by atoms with Crippen molar-refractivity contribution in [3.8, 4) is 0 Å². The van der Waals surface area contributed by atoms with E-state index in [2.05, 4.69) is 58.5 Å². The predicted molar refractivity (Wildman–Crippen MR) is 95.9 cm³/mol. The zero-order valence-corrected chi connectivity index (χ0v) is 16.0. The molecule has 1 fully saturated rings. The molecular weight excluding hydrogens is 286 g/mol. The Morgan fingerprint density at radius 1 is 1.04 bits per heavy atom. The summed E-state index contributed by atoms with van der Waals surface area (Å²) >= 11 is 0. The van der Waals surface area contributed by atoms with E-state index in [0.717, 1.165) is 5.69 Å². The van der Waals surface area contributed by atoms with E-state index in [4.69, 9.17) is 9.84 Å². The van der Waals surface area contributed by atoms with Crippen LogP contribution in [0.5, 0.6) is 0 Å². The molecule has 0 aliphatic heterocycles. The van der Waals surface area contributed by atoms with Crippen molar-refractivity contribution in [2.24, 2.45) is 0 Å². The maximum atomic E-state index is 5.96. The number of aromatic nitrogens is 2. The molecule has 0 spiro atoms. The molecule has 4 heteroatoms. The molecule has 0 unspecified atom stereocenters. The summed E-state index contributed by atoms with van der Waals surface area (Å²) in [6.45, 7) is 15.2. The van der Waals surface area contributed by atoms with E-state index in [-0.39, 0.29) is 0 Å². The SMILES string of the molecule is Cc1nn(C(C)C)c(C)c1[C@@H](C)NC1CCC(OC(C)C)CC1. The molecule has 0 aromatic carbocycles. The van der Waals surface area contributed by atoms with Gasteiger partial charge in [-0.05, 0) is 74.1 Å². The Bertz CT molecular complexity index is 499. The van der Waals surface area contributed by atoms with Crippen molar-refractivity contribution in [3.05, 3.63) is 17.0 Å². The van der Waals surface area contributed by atoms with Gasteiger partial charge >= 0.3 is 0 Å². The van der Waals surface area contributed by atoms with Gasteiger partial charge in [-0.2, -0.15) is 5.10 Å². The maximum Gasteiger partial charge on any atom is 0.0644 e. The van der Waals surface area contributed by atoms with Gasteiger partial charge in [0.1, 0.15) is 0 Å². The third-order valence-corrected chi connectivity index (χ3v) is 4.93. The van der Waals surface area contributed by atoms with Gasteiger partial charge in [0.25, 0.3) is 0 Å². The largest absolute Gasteiger partial charge is 0.376 e. The molecule has 0 bridgehead atoms. The Morgan fingerprint density at radius 2 is 1.65 bits per heavy atom. The van der Waals surface area contributed by atoms with E-state index in [0.29, 0.717) is 30.3 Å². The zero-order valence-electron chi connectivity index (χ0n) is 16.0. The lowest BCUT2D eigenvalue weighted by Crippen LogP contribution is -2.37. The fourth-order valence-electron chi connectivity index (χ4n) is 3.99. The fourth-order valence-corrected chi connectivity index (χ4v) is 3.99. The lowest BCUT2D eigenvalue weighted by Gasteiger charge is -2.32. The minimum Gasteiger partial charge on any atom is -0.376 e. The van der Waals surface area contributed by atoms with E-state index < -0.39 is 0 Å². The predicted octanol–water partition coefficient (Wildman–Crippen LogP) is 4.47. The van der Waals surface area contributed by atoms with Crippen LogP contribution < -0.4 is 5.32 Å². The second-order valence-corrected chi connectivity index (χ2v) is 7.67. The van der Waals surface area contributed by atoms with Crippen molar-refractivity contribution in [1.29, 1.82) is 0 Å². The fraction of sp³-hybridized carbons (Fsp3) is 0.842. The molecule has 1 N–H and O–H groups in total. The number of ether oxygens (including phenoxy) is 1. The van der Waals surface area contributed by atoms with Crippen molar-refractivity contribution in [3.63, 3.8) is 0 Å². The zero-order chi connectivity index (χ0) is 17.1. The molecule has 0 amide bonds. The summed E-state index contributed by atoms with van der Waals surface area (Å²) in [5, 5.41) is 8.56. The number of hydrogen-bond donors (Lipinski definition) is 1. The topological polar surface area (TPSA) is 39.1 Å². The molecule has 0 saturated heterocycles. The summed E-state index contributed by atoms with van der Waals surface area (Å²) in [5.74, 6) is 0. The highest BCUT2D eigenvalue weighted by atomic mass is 16.5. The molecule has 1 aromatic heterocycles. The van der Waals surface area contributed by atoms with E-state index in [1.165, 1.54) is 36.9 Å². The van der Waals surface area contributed by atoms with Crippen molar-refractivity contribution >= 4 is 0 Å². The highest BCUT2D eigenvalue weighted by molar-refractivity contribution is 5.28. The molecule has 1 aromatic rings. The highest BCUT2D eigenvalue weighted by Gasteiger charge is 2.25. The van der Waals surface area contributed by atoms with Crippen LogP contribution in [0.3, 0.4) is 0 Å². The first-order valence-corrected chi connectivity index (χ1v) is 9.26. The molecule has 23 heavy (non-hydrogen) atoms. The Kier molecular flexibility index (Phi) is 6.26. The van der Waals surface area contributed by atoms with Crippen molar-refractivity contribution in [2.75, 3.05) is 0 Å². The summed E-state index contributed by atoms with van der Waals surface area (Å²) in [6, 6.07) is 1.37. The maximum absolute atomic E-state index is 5.96. The van der Waals surface area contributed by atoms with Crippen molar-refractivity contribution in [2.45, 2.75) is 104 Å². The van der Waals surface area contributed by atoms with Gasteiger partial charge in [-0.15, -0.1) is 0 Å².